The van der Waals surface area contributed by atoms with Crippen molar-refractivity contribution in [1.82, 2.24) is 15.2 Å². The van der Waals surface area contributed by atoms with Gasteiger partial charge in [-0.25, -0.2) is 4.98 Å². The molecule has 4 heteroatoms. The van der Waals surface area contributed by atoms with Crippen LogP contribution in [-0.2, 0) is 6.54 Å². The molecule has 0 bridgehead atoms. The van der Waals surface area contributed by atoms with Crippen LogP contribution in [0.5, 0.6) is 5.88 Å². The Hall–Kier alpha value is -1.13. The van der Waals surface area contributed by atoms with Gasteiger partial charge in [0.2, 0.25) is 5.88 Å². The fraction of sp³-hybridized carbons (Fsp3) is 0.688. The topological polar surface area (TPSA) is 37.4 Å². The third-order valence-corrected chi connectivity index (χ3v) is 3.67. The number of hydrogen-bond acceptors (Lipinski definition) is 4. The van der Waals surface area contributed by atoms with Gasteiger partial charge in [-0.15, -0.1) is 0 Å². The highest BCUT2D eigenvalue weighted by molar-refractivity contribution is 5.17. The molecule has 0 fully saturated rings. The Labute approximate surface area is 123 Å². The van der Waals surface area contributed by atoms with Crippen LogP contribution in [0, 0.1) is 0 Å². The molecule has 0 aliphatic rings. The molecule has 1 unspecified atom stereocenters. The van der Waals surface area contributed by atoms with Crippen LogP contribution >= 0.6 is 0 Å². The average Bonchev–Trinajstić information content (AvgIpc) is 2.50. The molecule has 1 aromatic heterocycles. The van der Waals surface area contributed by atoms with E-state index >= 15 is 0 Å². The molecular weight excluding hydrogens is 250 g/mol. The van der Waals surface area contributed by atoms with E-state index in [0.29, 0.717) is 11.9 Å². The quantitative estimate of drug-likeness (QED) is 0.714. The number of ether oxygens (including phenoxy) is 1. The van der Waals surface area contributed by atoms with Gasteiger partial charge in [-0.1, -0.05) is 19.9 Å². The van der Waals surface area contributed by atoms with Crippen molar-refractivity contribution in [2.45, 2.75) is 46.2 Å². The molecule has 0 aliphatic carbocycles. The normalized spacial score (nSPS) is 12.7. The number of pyridine rings is 1. The van der Waals surface area contributed by atoms with Gasteiger partial charge in [0.25, 0.3) is 0 Å². The van der Waals surface area contributed by atoms with E-state index in [4.69, 9.17) is 4.74 Å². The summed E-state index contributed by atoms with van der Waals surface area (Å²) in [5.74, 6) is 0.668. The minimum atomic E-state index is 0.535. The molecule has 1 N–H and O–H groups in total. The number of hydrogen-bond donors (Lipinski definition) is 1. The smallest absolute Gasteiger partial charge is 0.212 e. The van der Waals surface area contributed by atoms with E-state index in [1.54, 1.807) is 7.11 Å². The first-order chi connectivity index (χ1) is 9.69. The lowest BCUT2D eigenvalue weighted by Crippen LogP contribution is -2.28. The fourth-order valence-corrected chi connectivity index (χ4v) is 2.19. The average molecular weight is 279 g/mol. The zero-order chi connectivity index (χ0) is 14.8. The van der Waals surface area contributed by atoms with E-state index in [0.717, 1.165) is 19.6 Å². The molecule has 0 amide bonds. The van der Waals surface area contributed by atoms with Gasteiger partial charge < -0.3 is 15.0 Å². The number of nitrogens with zero attached hydrogens (tertiary/aromatic N) is 2. The van der Waals surface area contributed by atoms with E-state index in [9.17, 15) is 0 Å². The van der Waals surface area contributed by atoms with Gasteiger partial charge in [0, 0.05) is 24.8 Å². The molecule has 1 aromatic rings. The van der Waals surface area contributed by atoms with Gasteiger partial charge in [0.1, 0.15) is 0 Å². The highest BCUT2D eigenvalue weighted by Gasteiger charge is 2.04. The van der Waals surface area contributed by atoms with Gasteiger partial charge in [-0.05, 0) is 45.0 Å². The second kappa shape index (κ2) is 9.72. The molecule has 1 atom stereocenters. The summed E-state index contributed by atoms with van der Waals surface area (Å²) in [4.78, 5) is 6.69. The molecule has 0 saturated heterocycles. The van der Waals surface area contributed by atoms with E-state index in [-0.39, 0.29) is 0 Å². The fourth-order valence-electron chi connectivity index (χ4n) is 2.19. The zero-order valence-electron chi connectivity index (χ0n) is 13.4. The Kier molecular flexibility index (Phi) is 8.23. The number of nitrogens with one attached hydrogen (secondary N) is 1. The molecule has 1 heterocycles. The maximum Gasteiger partial charge on any atom is 0.212 e. The van der Waals surface area contributed by atoms with E-state index in [2.05, 4.69) is 42.0 Å². The molecule has 0 aliphatic heterocycles. The predicted octanol–water partition coefficient (Wildman–Crippen LogP) is 2.69. The highest BCUT2D eigenvalue weighted by Crippen LogP contribution is 2.07. The standard InChI is InChI=1S/C16H29N3O/c1-5-19(6-2)11-7-8-14(3)17-12-15-9-10-16(20-4)18-13-15/h9-10,13-14,17H,5-8,11-12H2,1-4H3. The van der Waals surface area contributed by atoms with Gasteiger partial charge >= 0.3 is 0 Å². The van der Waals surface area contributed by atoms with Gasteiger partial charge in [-0.2, -0.15) is 0 Å². The van der Waals surface area contributed by atoms with Crippen LogP contribution in [0.2, 0.25) is 0 Å². The molecule has 0 spiro atoms. The highest BCUT2D eigenvalue weighted by atomic mass is 16.5. The zero-order valence-corrected chi connectivity index (χ0v) is 13.4. The van der Waals surface area contributed by atoms with Gasteiger partial charge in [0.05, 0.1) is 7.11 Å². The van der Waals surface area contributed by atoms with Crippen molar-refractivity contribution in [1.29, 1.82) is 0 Å². The van der Waals surface area contributed by atoms with E-state index in [1.165, 1.54) is 24.9 Å². The summed E-state index contributed by atoms with van der Waals surface area (Å²) in [6.07, 6.45) is 4.32. The molecule has 114 valence electrons. The third kappa shape index (κ3) is 6.35. The van der Waals surface area contributed by atoms with Crippen molar-refractivity contribution in [3.63, 3.8) is 0 Å². The summed E-state index contributed by atoms with van der Waals surface area (Å²) in [5, 5.41) is 3.55. The lowest BCUT2D eigenvalue weighted by atomic mass is 10.1. The first-order valence-electron chi connectivity index (χ1n) is 7.64. The van der Waals surface area contributed by atoms with Crippen molar-refractivity contribution in [3.05, 3.63) is 23.9 Å². The van der Waals surface area contributed by atoms with Crippen LogP contribution < -0.4 is 10.1 Å². The van der Waals surface area contributed by atoms with E-state index in [1.807, 2.05) is 12.3 Å². The summed E-state index contributed by atoms with van der Waals surface area (Å²) < 4.78 is 5.06. The van der Waals surface area contributed by atoms with Crippen LogP contribution in [0.3, 0.4) is 0 Å². The third-order valence-electron chi connectivity index (χ3n) is 3.67. The second-order valence-electron chi connectivity index (χ2n) is 5.16. The Morgan fingerprint density at radius 1 is 1.30 bits per heavy atom. The minimum absolute atomic E-state index is 0.535. The first kappa shape index (κ1) is 16.9. The van der Waals surface area contributed by atoms with Gasteiger partial charge in [0.15, 0.2) is 0 Å². The minimum Gasteiger partial charge on any atom is -0.481 e. The lowest BCUT2D eigenvalue weighted by molar-refractivity contribution is 0.290. The summed E-state index contributed by atoms with van der Waals surface area (Å²) in [6.45, 7) is 11.1. The van der Waals surface area contributed by atoms with Crippen LogP contribution in [0.15, 0.2) is 18.3 Å². The lowest BCUT2D eigenvalue weighted by Gasteiger charge is -2.19. The van der Waals surface area contributed by atoms with Crippen LogP contribution in [-0.4, -0.2) is 42.7 Å². The molecular formula is C16H29N3O. The van der Waals surface area contributed by atoms with E-state index < -0.39 is 0 Å². The summed E-state index contributed by atoms with van der Waals surface area (Å²) in [6, 6.07) is 4.50. The monoisotopic (exact) mass is 279 g/mol. The van der Waals surface area contributed by atoms with Crippen molar-refractivity contribution < 1.29 is 4.74 Å². The summed E-state index contributed by atoms with van der Waals surface area (Å²) in [7, 11) is 1.64. The number of aromatic nitrogens is 1. The molecule has 20 heavy (non-hydrogen) atoms. The maximum absolute atomic E-state index is 5.06. The molecule has 0 radical (unpaired) electrons. The second-order valence-corrected chi connectivity index (χ2v) is 5.16. The summed E-state index contributed by atoms with van der Waals surface area (Å²) >= 11 is 0. The Morgan fingerprint density at radius 3 is 2.60 bits per heavy atom. The Bertz CT molecular complexity index is 349. The molecule has 1 rings (SSSR count). The molecule has 0 aromatic carbocycles. The van der Waals surface area contributed by atoms with Crippen molar-refractivity contribution in [3.8, 4) is 5.88 Å². The van der Waals surface area contributed by atoms with Crippen LogP contribution in [0.4, 0.5) is 0 Å². The maximum atomic E-state index is 5.06. The van der Waals surface area contributed by atoms with Crippen molar-refractivity contribution in [2.24, 2.45) is 0 Å². The Balaban J connectivity index is 2.20. The first-order valence-corrected chi connectivity index (χ1v) is 7.64. The Morgan fingerprint density at radius 2 is 2.05 bits per heavy atom. The largest absolute Gasteiger partial charge is 0.481 e. The van der Waals surface area contributed by atoms with Crippen molar-refractivity contribution >= 4 is 0 Å². The van der Waals surface area contributed by atoms with Crippen molar-refractivity contribution in [2.75, 3.05) is 26.7 Å². The van der Waals surface area contributed by atoms with Gasteiger partial charge in [-0.3, -0.25) is 0 Å². The molecule has 4 nitrogen and oxygen atoms in total. The SMILES string of the molecule is CCN(CC)CCCC(C)NCc1ccc(OC)nc1. The molecule has 0 saturated carbocycles. The predicted molar refractivity (Wildman–Crippen MR) is 84.1 cm³/mol. The van der Waals surface area contributed by atoms with Crippen LogP contribution in [0.25, 0.3) is 0 Å². The number of rotatable bonds is 10. The van der Waals surface area contributed by atoms with Crippen LogP contribution in [0.1, 0.15) is 39.2 Å². The number of methoxy groups -OCH3 is 1. The summed E-state index contributed by atoms with van der Waals surface area (Å²) in [5.41, 5.74) is 1.20.